The van der Waals surface area contributed by atoms with E-state index < -0.39 is 0 Å². The molecular formula is C23H26N4O3. The molecule has 2 atom stereocenters. The molecule has 7 heteroatoms. The lowest BCUT2D eigenvalue weighted by atomic mass is 9.49. The van der Waals surface area contributed by atoms with Crippen molar-refractivity contribution in [3.63, 3.8) is 0 Å². The summed E-state index contributed by atoms with van der Waals surface area (Å²) in [5.41, 5.74) is 0.670. The van der Waals surface area contributed by atoms with Gasteiger partial charge in [-0.05, 0) is 69.4 Å². The van der Waals surface area contributed by atoms with E-state index in [1.54, 1.807) is 6.07 Å². The first-order valence-corrected chi connectivity index (χ1v) is 10.6. The van der Waals surface area contributed by atoms with Crippen LogP contribution in [0.3, 0.4) is 0 Å². The summed E-state index contributed by atoms with van der Waals surface area (Å²) in [6, 6.07) is 8.19. The van der Waals surface area contributed by atoms with Crippen molar-refractivity contribution in [1.29, 1.82) is 0 Å². The Labute approximate surface area is 174 Å². The highest BCUT2D eigenvalue weighted by molar-refractivity contribution is 5.93. The molecule has 2 amide bonds. The van der Waals surface area contributed by atoms with Crippen molar-refractivity contribution in [2.75, 3.05) is 0 Å². The summed E-state index contributed by atoms with van der Waals surface area (Å²) in [4.78, 5) is 44.7. The lowest BCUT2D eigenvalue weighted by Gasteiger charge is -2.62. The van der Waals surface area contributed by atoms with Crippen LogP contribution >= 0.6 is 0 Å². The van der Waals surface area contributed by atoms with Crippen LogP contribution in [0.4, 0.5) is 0 Å². The summed E-state index contributed by atoms with van der Waals surface area (Å²) < 4.78 is 0. The van der Waals surface area contributed by atoms with Gasteiger partial charge in [0.25, 0.3) is 11.8 Å². The van der Waals surface area contributed by atoms with E-state index in [0.717, 1.165) is 37.8 Å². The number of aromatic nitrogens is 2. The first-order chi connectivity index (χ1) is 14.3. The molecule has 2 unspecified atom stereocenters. The van der Waals surface area contributed by atoms with Gasteiger partial charge in [0.1, 0.15) is 11.4 Å². The van der Waals surface area contributed by atoms with E-state index in [2.05, 4.69) is 20.6 Å². The Balaban J connectivity index is 1.39. The van der Waals surface area contributed by atoms with Crippen LogP contribution in [0.15, 0.2) is 41.3 Å². The summed E-state index contributed by atoms with van der Waals surface area (Å²) in [6.07, 6.45) is 7.10. The maximum absolute atomic E-state index is 13.0. The molecule has 4 bridgehead atoms. The van der Waals surface area contributed by atoms with Crippen molar-refractivity contribution in [1.82, 2.24) is 20.6 Å². The number of nitrogens with one attached hydrogen (secondary N) is 3. The summed E-state index contributed by atoms with van der Waals surface area (Å²) in [5.74, 6) is 0.560. The van der Waals surface area contributed by atoms with Crippen molar-refractivity contribution in [3.8, 4) is 0 Å². The maximum atomic E-state index is 13.0. The van der Waals surface area contributed by atoms with Gasteiger partial charge >= 0.3 is 0 Å². The molecule has 156 valence electrons. The minimum atomic E-state index is -0.346. The Morgan fingerprint density at radius 1 is 1.03 bits per heavy atom. The first kappa shape index (κ1) is 19.0. The number of nitrogens with zero attached hydrogens (tertiary/aromatic N) is 1. The van der Waals surface area contributed by atoms with Crippen molar-refractivity contribution in [2.24, 2.45) is 11.8 Å². The number of H-pyrrole nitrogens is 1. The zero-order chi connectivity index (χ0) is 20.9. The molecule has 0 spiro atoms. The van der Waals surface area contributed by atoms with Gasteiger partial charge in [0.15, 0.2) is 5.43 Å². The number of carbonyl (C=O) groups excluding carboxylic acids is 2. The van der Waals surface area contributed by atoms with E-state index in [4.69, 9.17) is 0 Å². The van der Waals surface area contributed by atoms with E-state index in [1.807, 2.05) is 19.1 Å². The minimum Gasteiger partial charge on any atom is -0.357 e. The van der Waals surface area contributed by atoms with Gasteiger partial charge in [0, 0.05) is 35.1 Å². The fraction of sp³-hybridized carbons (Fsp3) is 0.478. The second-order valence-electron chi connectivity index (χ2n) is 9.53. The van der Waals surface area contributed by atoms with Gasteiger partial charge < -0.3 is 15.6 Å². The van der Waals surface area contributed by atoms with E-state index in [-0.39, 0.29) is 34.0 Å². The molecule has 0 saturated heterocycles. The van der Waals surface area contributed by atoms with Gasteiger partial charge in [0.2, 0.25) is 0 Å². The standard InChI is InChI=1S/C23H26N4O3/c1-14-3-2-4-18(25-14)20(29)26-22-9-15-7-16(10-22)12-23(11-15,13-22)27-21(30)19-8-17(28)5-6-24-19/h2-6,8,15-16H,7,9-13H2,1H3,(H,24,28)(H,26,29)(H,27,30). The fourth-order valence-corrected chi connectivity index (χ4v) is 6.41. The molecule has 4 saturated carbocycles. The molecule has 0 aromatic carbocycles. The highest BCUT2D eigenvalue weighted by Gasteiger charge is 2.58. The first-order valence-electron chi connectivity index (χ1n) is 10.6. The second kappa shape index (κ2) is 6.79. The highest BCUT2D eigenvalue weighted by Crippen LogP contribution is 2.57. The third-order valence-corrected chi connectivity index (χ3v) is 6.96. The molecular weight excluding hydrogens is 380 g/mol. The Bertz CT molecular complexity index is 1060. The largest absolute Gasteiger partial charge is 0.357 e. The Hall–Kier alpha value is -2.96. The van der Waals surface area contributed by atoms with Crippen LogP contribution in [0.25, 0.3) is 0 Å². The third kappa shape index (κ3) is 3.42. The molecule has 0 radical (unpaired) electrons. The predicted molar refractivity (Wildman–Crippen MR) is 111 cm³/mol. The fourth-order valence-electron chi connectivity index (χ4n) is 6.41. The molecule has 7 nitrogen and oxygen atoms in total. The van der Waals surface area contributed by atoms with Gasteiger partial charge in [-0.3, -0.25) is 14.4 Å². The number of aromatic amines is 1. The Morgan fingerprint density at radius 2 is 1.70 bits per heavy atom. The lowest BCUT2D eigenvalue weighted by Crippen LogP contribution is -2.70. The number of hydrogen-bond acceptors (Lipinski definition) is 4. The molecule has 2 heterocycles. The summed E-state index contributed by atoms with van der Waals surface area (Å²) in [5, 5.41) is 6.54. The number of hydrogen-bond donors (Lipinski definition) is 3. The van der Waals surface area contributed by atoms with Crippen LogP contribution < -0.4 is 16.1 Å². The summed E-state index contributed by atoms with van der Waals surface area (Å²) >= 11 is 0. The Morgan fingerprint density at radius 3 is 2.33 bits per heavy atom. The number of rotatable bonds is 4. The molecule has 2 aromatic heterocycles. The van der Waals surface area contributed by atoms with Crippen LogP contribution in [0.5, 0.6) is 0 Å². The number of aryl methyl sites for hydroxylation is 1. The van der Waals surface area contributed by atoms with E-state index in [0.29, 0.717) is 24.0 Å². The number of carbonyl (C=O) groups is 2. The quantitative estimate of drug-likeness (QED) is 0.725. The van der Waals surface area contributed by atoms with E-state index >= 15 is 0 Å². The maximum Gasteiger partial charge on any atom is 0.270 e. The van der Waals surface area contributed by atoms with Crippen molar-refractivity contribution in [3.05, 3.63) is 63.8 Å². The van der Waals surface area contributed by atoms with Crippen LogP contribution in [-0.2, 0) is 0 Å². The topological polar surface area (TPSA) is 104 Å². The van der Waals surface area contributed by atoms with Crippen molar-refractivity contribution in [2.45, 2.75) is 56.5 Å². The van der Waals surface area contributed by atoms with E-state index in [1.165, 1.54) is 18.3 Å². The Kier molecular flexibility index (Phi) is 4.31. The van der Waals surface area contributed by atoms with Crippen molar-refractivity contribution >= 4 is 11.8 Å². The predicted octanol–water partition coefficient (Wildman–Crippen LogP) is 2.33. The average molecular weight is 406 g/mol. The summed E-state index contributed by atoms with van der Waals surface area (Å²) in [7, 11) is 0. The third-order valence-electron chi connectivity index (χ3n) is 6.96. The normalized spacial score (nSPS) is 31.4. The smallest absolute Gasteiger partial charge is 0.270 e. The van der Waals surface area contributed by atoms with Gasteiger partial charge in [-0.25, -0.2) is 4.98 Å². The molecule has 4 aliphatic carbocycles. The molecule has 3 N–H and O–H groups in total. The van der Waals surface area contributed by atoms with Gasteiger partial charge in [-0.2, -0.15) is 0 Å². The van der Waals surface area contributed by atoms with Gasteiger partial charge in [-0.15, -0.1) is 0 Å². The molecule has 4 aliphatic rings. The zero-order valence-electron chi connectivity index (χ0n) is 17.0. The highest BCUT2D eigenvalue weighted by atomic mass is 16.2. The van der Waals surface area contributed by atoms with Crippen LogP contribution in [-0.4, -0.2) is 32.9 Å². The van der Waals surface area contributed by atoms with Gasteiger partial charge in [-0.1, -0.05) is 6.07 Å². The molecule has 0 aliphatic heterocycles. The summed E-state index contributed by atoms with van der Waals surface area (Å²) in [6.45, 7) is 1.87. The monoisotopic (exact) mass is 406 g/mol. The van der Waals surface area contributed by atoms with Crippen LogP contribution in [0, 0.1) is 18.8 Å². The zero-order valence-corrected chi connectivity index (χ0v) is 17.0. The molecule has 2 aromatic rings. The van der Waals surface area contributed by atoms with Crippen molar-refractivity contribution < 1.29 is 9.59 Å². The van der Waals surface area contributed by atoms with E-state index in [9.17, 15) is 14.4 Å². The van der Waals surface area contributed by atoms with Crippen LogP contribution in [0.2, 0.25) is 0 Å². The number of amides is 2. The molecule has 30 heavy (non-hydrogen) atoms. The van der Waals surface area contributed by atoms with Gasteiger partial charge in [0.05, 0.1) is 0 Å². The van der Waals surface area contributed by atoms with Crippen LogP contribution in [0.1, 0.15) is 65.2 Å². The second-order valence-corrected chi connectivity index (χ2v) is 9.53. The SMILES string of the molecule is Cc1cccc(C(=O)NC23CC4CC(C2)CC(NC(=O)c2cc(=O)cc[nH]2)(C4)C3)n1. The average Bonchev–Trinajstić information content (AvgIpc) is 2.66. The number of pyridine rings is 2. The lowest BCUT2D eigenvalue weighted by molar-refractivity contribution is -0.0449. The minimum absolute atomic E-state index is 0.144. The molecule has 4 fully saturated rings. The molecule has 6 rings (SSSR count).